The summed E-state index contributed by atoms with van der Waals surface area (Å²) < 4.78 is 5.64. The first-order chi connectivity index (χ1) is 8.77. The first kappa shape index (κ1) is 13.3. The molecule has 1 heterocycles. The maximum atomic E-state index is 12.1. The van der Waals surface area contributed by atoms with Crippen molar-refractivity contribution in [2.24, 2.45) is 0 Å². The first-order valence-corrected chi connectivity index (χ1v) is 7.45. The van der Waals surface area contributed by atoms with Crippen molar-refractivity contribution in [2.75, 3.05) is 23.8 Å². The van der Waals surface area contributed by atoms with E-state index in [1.54, 1.807) is 11.8 Å². The SMILES string of the molecule is CCCC(=O)N(CC)c1cccc2c1SCCO2. The number of hydrogen-bond donors (Lipinski definition) is 0. The van der Waals surface area contributed by atoms with E-state index in [1.165, 1.54) is 0 Å². The number of thioether (sulfide) groups is 1. The fraction of sp³-hybridized carbons (Fsp3) is 0.500. The largest absolute Gasteiger partial charge is 0.491 e. The number of carbonyl (C=O) groups is 1. The van der Waals surface area contributed by atoms with Gasteiger partial charge in [-0.25, -0.2) is 0 Å². The van der Waals surface area contributed by atoms with E-state index >= 15 is 0 Å². The molecule has 0 radical (unpaired) electrons. The summed E-state index contributed by atoms with van der Waals surface area (Å²) in [5.74, 6) is 2.05. The number of rotatable bonds is 4. The van der Waals surface area contributed by atoms with Gasteiger partial charge in [-0.05, 0) is 25.5 Å². The Hall–Kier alpha value is -1.16. The molecule has 0 fully saturated rings. The van der Waals surface area contributed by atoms with Crippen molar-refractivity contribution in [1.29, 1.82) is 0 Å². The van der Waals surface area contributed by atoms with Crippen LogP contribution in [0.1, 0.15) is 26.7 Å². The van der Waals surface area contributed by atoms with Gasteiger partial charge in [-0.2, -0.15) is 0 Å². The van der Waals surface area contributed by atoms with Crippen LogP contribution in [-0.4, -0.2) is 24.8 Å². The molecule has 2 rings (SSSR count). The molecular formula is C14H19NO2S. The monoisotopic (exact) mass is 265 g/mol. The Morgan fingerprint density at radius 3 is 3.00 bits per heavy atom. The third-order valence-electron chi connectivity index (χ3n) is 2.92. The molecule has 0 bridgehead atoms. The zero-order valence-corrected chi connectivity index (χ0v) is 11.8. The summed E-state index contributed by atoms with van der Waals surface area (Å²) in [6.45, 7) is 5.50. The standard InChI is InChI=1S/C14H19NO2S/c1-3-6-13(16)15(4-2)11-7-5-8-12-14(11)18-10-9-17-12/h5,7-8H,3-4,6,9-10H2,1-2H3. The summed E-state index contributed by atoms with van der Waals surface area (Å²) in [5, 5.41) is 0. The van der Waals surface area contributed by atoms with Crippen LogP contribution in [0.3, 0.4) is 0 Å². The van der Waals surface area contributed by atoms with Gasteiger partial charge in [0.2, 0.25) is 5.91 Å². The smallest absolute Gasteiger partial charge is 0.226 e. The van der Waals surface area contributed by atoms with Crippen LogP contribution < -0.4 is 9.64 Å². The highest BCUT2D eigenvalue weighted by molar-refractivity contribution is 7.99. The number of amides is 1. The molecule has 0 saturated carbocycles. The van der Waals surface area contributed by atoms with Crippen LogP contribution >= 0.6 is 11.8 Å². The van der Waals surface area contributed by atoms with Crippen molar-refractivity contribution in [3.8, 4) is 5.75 Å². The highest BCUT2D eigenvalue weighted by Crippen LogP contribution is 2.40. The van der Waals surface area contributed by atoms with Crippen LogP contribution in [0.15, 0.2) is 23.1 Å². The van der Waals surface area contributed by atoms with Gasteiger partial charge in [0.1, 0.15) is 5.75 Å². The highest BCUT2D eigenvalue weighted by Gasteiger charge is 2.21. The summed E-state index contributed by atoms with van der Waals surface area (Å²) in [6.07, 6.45) is 1.48. The normalized spacial score (nSPS) is 13.7. The summed E-state index contributed by atoms with van der Waals surface area (Å²) >= 11 is 1.78. The second kappa shape index (κ2) is 6.14. The van der Waals surface area contributed by atoms with Crippen LogP contribution in [0.4, 0.5) is 5.69 Å². The Kier molecular flexibility index (Phi) is 4.53. The zero-order chi connectivity index (χ0) is 13.0. The number of anilines is 1. The molecule has 0 N–H and O–H groups in total. The minimum atomic E-state index is 0.194. The maximum absolute atomic E-state index is 12.1. The predicted octanol–water partition coefficient (Wildman–Crippen LogP) is 3.32. The molecule has 1 amide bonds. The van der Waals surface area contributed by atoms with Gasteiger partial charge in [0.15, 0.2) is 0 Å². The molecule has 0 atom stereocenters. The third-order valence-corrected chi connectivity index (χ3v) is 3.99. The highest BCUT2D eigenvalue weighted by atomic mass is 32.2. The van der Waals surface area contributed by atoms with E-state index in [1.807, 2.05) is 36.9 Å². The lowest BCUT2D eigenvalue weighted by molar-refractivity contribution is -0.118. The van der Waals surface area contributed by atoms with E-state index in [2.05, 4.69) is 0 Å². The van der Waals surface area contributed by atoms with Crippen molar-refractivity contribution < 1.29 is 9.53 Å². The molecule has 1 aliphatic heterocycles. The zero-order valence-electron chi connectivity index (χ0n) is 10.9. The Morgan fingerprint density at radius 1 is 1.44 bits per heavy atom. The fourth-order valence-electron chi connectivity index (χ4n) is 2.10. The van der Waals surface area contributed by atoms with Gasteiger partial charge in [0.25, 0.3) is 0 Å². The van der Waals surface area contributed by atoms with Gasteiger partial charge in [-0.15, -0.1) is 11.8 Å². The number of nitrogens with zero attached hydrogens (tertiary/aromatic N) is 1. The average Bonchev–Trinajstić information content (AvgIpc) is 2.40. The number of ether oxygens (including phenoxy) is 1. The molecule has 1 aromatic carbocycles. The Labute approximate surface area is 113 Å². The average molecular weight is 265 g/mol. The minimum absolute atomic E-state index is 0.194. The van der Waals surface area contributed by atoms with Gasteiger partial charge in [0, 0.05) is 18.7 Å². The number of fused-ring (bicyclic) bond motifs is 1. The Balaban J connectivity index is 2.33. The molecule has 98 valence electrons. The second-order valence-corrected chi connectivity index (χ2v) is 5.29. The van der Waals surface area contributed by atoms with Crippen molar-refractivity contribution >= 4 is 23.4 Å². The molecule has 0 aromatic heterocycles. The molecule has 0 unspecified atom stereocenters. The number of benzene rings is 1. The third kappa shape index (κ3) is 2.64. The summed E-state index contributed by atoms with van der Waals surface area (Å²) in [7, 11) is 0. The van der Waals surface area contributed by atoms with Gasteiger partial charge >= 0.3 is 0 Å². The lowest BCUT2D eigenvalue weighted by Crippen LogP contribution is -2.31. The lowest BCUT2D eigenvalue weighted by Gasteiger charge is -2.26. The predicted molar refractivity (Wildman–Crippen MR) is 75.6 cm³/mol. The molecular weight excluding hydrogens is 246 g/mol. The molecule has 1 aliphatic rings. The van der Waals surface area contributed by atoms with Crippen LogP contribution in [0.25, 0.3) is 0 Å². The Morgan fingerprint density at radius 2 is 2.28 bits per heavy atom. The van der Waals surface area contributed by atoms with E-state index in [-0.39, 0.29) is 5.91 Å². The van der Waals surface area contributed by atoms with E-state index in [9.17, 15) is 4.79 Å². The van der Waals surface area contributed by atoms with Gasteiger partial charge in [-0.3, -0.25) is 4.79 Å². The topological polar surface area (TPSA) is 29.5 Å². The van der Waals surface area contributed by atoms with E-state index in [0.717, 1.165) is 35.1 Å². The Bertz CT molecular complexity index is 434. The van der Waals surface area contributed by atoms with Gasteiger partial charge in [-0.1, -0.05) is 13.0 Å². The van der Waals surface area contributed by atoms with Gasteiger partial charge < -0.3 is 9.64 Å². The quantitative estimate of drug-likeness (QED) is 0.836. The van der Waals surface area contributed by atoms with Crippen molar-refractivity contribution in [3.05, 3.63) is 18.2 Å². The summed E-state index contributed by atoms with van der Waals surface area (Å²) in [6, 6.07) is 5.95. The maximum Gasteiger partial charge on any atom is 0.226 e. The molecule has 0 saturated heterocycles. The molecule has 4 heteroatoms. The second-order valence-electron chi connectivity index (χ2n) is 4.19. The van der Waals surface area contributed by atoms with Crippen LogP contribution in [0, 0.1) is 0 Å². The molecule has 0 aliphatic carbocycles. The number of hydrogen-bond acceptors (Lipinski definition) is 3. The summed E-state index contributed by atoms with van der Waals surface area (Å²) in [5.41, 5.74) is 0.998. The van der Waals surface area contributed by atoms with Crippen LogP contribution in [0.2, 0.25) is 0 Å². The van der Waals surface area contributed by atoms with Crippen molar-refractivity contribution in [2.45, 2.75) is 31.6 Å². The molecule has 1 aromatic rings. The fourth-order valence-corrected chi connectivity index (χ4v) is 3.07. The van der Waals surface area contributed by atoms with Crippen molar-refractivity contribution in [1.82, 2.24) is 0 Å². The van der Waals surface area contributed by atoms with E-state index < -0.39 is 0 Å². The summed E-state index contributed by atoms with van der Waals surface area (Å²) in [4.78, 5) is 15.1. The molecule has 3 nitrogen and oxygen atoms in total. The van der Waals surface area contributed by atoms with Crippen molar-refractivity contribution in [3.63, 3.8) is 0 Å². The first-order valence-electron chi connectivity index (χ1n) is 6.46. The van der Waals surface area contributed by atoms with Crippen LogP contribution in [0.5, 0.6) is 5.75 Å². The molecule has 18 heavy (non-hydrogen) atoms. The van der Waals surface area contributed by atoms with Gasteiger partial charge in [0.05, 0.1) is 17.2 Å². The minimum Gasteiger partial charge on any atom is -0.491 e. The number of carbonyl (C=O) groups excluding carboxylic acids is 1. The van der Waals surface area contributed by atoms with E-state index in [0.29, 0.717) is 13.0 Å². The van der Waals surface area contributed by atoms with Crippen LogP contribution in [-0.2, 0) is 4.79 Å². The lowest BCUT2D eigenvalue weighted by atomic mass is 10.2. The molecule has 0 spiro atoms. The van der Waals surface area contributed by atoms with E-state index in [4.69, 9.17) is 4.74 Å².